The molecule has 17 heavy (non-hydrogen) atoms. The first-order valence-electron chi connectivity index (χ1n) is 5.57. The highest BCUT2D eigenvalue weighted by Gasteiger charge is 2.27. The molecular formula is C12H14Cl2N2O. The molecule has 0 aromatic heterocycles. The first-order chi connectivity index (χ1) is 8.13. The van der Waals surface area contributed by atoms with Crippen molar-refractivity contribution in [2.24, 2.45) is 11.7 Å². The van der Waals surface area contributed by atoms with Crippen LogP contribution in [0.3, 0.4) is 0 Å². The van der Waals surface area contributed by atoms with Crippen LogP contribution in [-0.2, 0) is 0 Å². The first-order valence-corrected chi connectivity index (χ1v) is 6.32. The Morgan fingerprint density at radius 3 is 2.88 bits per heavy atom. The lowest BCUT2D eigenvalue weighted by Gasteiger charge is -2.17. The molecular weight excluding hydrogens is 259 g/mol. The van der Waals surface area contributed by atoms with Crippen LogP contribution in [-0.4, -0.2) is 30.4 Å². The summed E-state index contributed by atoms with van der Waals surface area (Å²) in [6, 6.07) is 5.11. The number of hydrogen-bond acceptors (Lipinski definition) is 2. The van der Waals surface area contributed by atoms with E-state index >= 15 is 0 Å². The van der Waals surface area contributed by atoms with Crippen molar-refractivity contribution in [3.8, 4) is 0 Å². The largest absolute Gasteiger partial charge is 0.338 e. The van der Waals surface area contributed by atoms with E-state index in [1.807, 2.05) is 0 Å². The van der Waals surface area contributed by atoms with E-state index < -0.39 is 0 Å². The summed E-state index contributed by atoms with van der Waals surface area (Å²) >= 11 is 11.9. The minimum atomic E-state index is -0.0616. The van der Waals surface area contributed by atoms with Crippen LogP contribution in [0.4, 0.5) is 0 Å². The fourth-order valence-corrected chi connectivity index (χ4v) is 2.43. The Hall–Kier alpha value is -0.770. The Kier molecular flexibility index (Phi) is 3.92. The molecule has 0 aliphatic carbocycles. The maximum absolute atomic E-state index is 12.2. The van der Waals surface area contributed by atoms with Gasteiger partial charge in [-0.25, -0.2) is 0 Å². The van der Waals surface area contributed by atoms with Gasteiger partial charge in [0.2, 0.25) is 0 Å². The van der Waals surface area contributed by atoms with Gasteiger partial charge in [0, 0.05) is 13.1 Å². The third-order valence-corrected chi connectivity index (χ3v) is 3.91. The molecule has 2 rings (SSSR count). The fraction of sp³-hybridized carbons (Fsp3) is 0.417. The Morgan fingerprint density at radius 2 is 2.24 bits per heavy atom. The van der Waals surface area contributed by atoms with E-state index in [2.05, 4.69) is 0 Å². The van der Waals surface area contributed by atoms with Gasteiger partial charge in [-0.3, -0.25) is 4.79 Å². The number of nitrogens with two attached hydrogens (primary N) is 1. The van der Waals surface area contributed by atoms with Crippen LogP contribution in [0.2, 0.25) is 10.0 Å². The lowest BCUT2D eigenvalue weighted by Crippen LogP contribution is -2.30. The normalized spacial score (nSPS) is 19.7. The van der Waals surface area contributed by atoms with E-state index in [1.165, 1.54) is 0 Å². The molecule has 1 fully saturated rings. The second-order valence-corrected chi connectivity index (χ2v) is 5.03. The van der Waals surface area contributed by atoms with Gasteiger partial charge in [0.05, 0.1) is 15.6 Å². The lowest BCUT2D eigenvalue weighted by atomic mass is 10.1. The monoisotopic (exact) mass is 272 g/mol. The highest BCUT2D eigenvalue weighted by molar-refractivity contribution is 6.43. The van der Waals surface area contributed by atoms with E-state index in [0.717, 1.165) is 13.0 Å². The van der Waals surface area contributed by atoms with Gasteiger partial charge in [-0.1, -0.05) is 29.3 Å². The summed E-state index contributed by atoms with van der Waals surface area (Å²) in [7, 11) is 0. The van der Waals surface area contributed by atoms with Crippen molar-refractivity contribution >= 4 is 29.1 Å². The number of likely N-dealkylation sites (tertiary alicyclic amines) is 1. The smallest absolute Gasteiger partial charge is 0.255 e. The summed E-state index contributed by atoms with van der Waals surface area (Å²) in [4.78, 5) is 14.0. The highest BCUT2D eigenvalue weighted by Crippen LogP contribution is 2.28. The Balaban J connectivity index is 2.18. The number of amides is 1. The van der Waals surface area contributed by atoms with Gasteiger partial charge in [-0.2, -0.15) is 0 Å². The van der Waals surface area contributed by atoms with Gasteiger partial charge in [-0.15, -0.1) is 0 Å². The van der Waals surface area contributed by atoms with Crippen LogP contribution in [0.1, 0.15) is 16.8 Å². The zero-order chi connectivity index (χ0) is 12.4. The standard InChI is InChI=1S/C12H14Cl2N2O/c13-10-3-1-2-9(11(10)14)12(17)16-5-4-8(6-15)7-16/h1-3,8H,4-7,15H2. The zero-order valence-electron chi connectivity index (χ0n) is 9.33. The van der Waals surface area contributed by atoms with E-state index in [9.17, 15) is 4.79 Å². The molecule has 1 aliphatic heterocycles. The summed E-state index contributed by atoms with van der Waals surface area (Å²) in [5, 5.41) is 0.738. The summed E-state index contributed by atoms with van der Waals surface area (Å²) in [6.07, 6.45) is 0.959. The zero-order valence-corrected chi connectivity index (χ0v) is 10.8. The van der Waals surface area contributed by atoms with E-state index in [4.69, 9.17) is 28.9 Å². The molecule has 1 unspecified atom stereocenters. The Morgan fingerprint density at radius 1 is 1.47 bits per heavy atom. The molecule has 1 saturated heterocycles. The average Bonchev–Trinajstić information content (AvgIpc) is 2.80. The van der Waals surface area contributed by atoms with Gasteiger partial charge < -0.3 is 10.6 Å². The predicted octanol–water partition coefficient (Wildman–Crippen LogP) is 2.41. The summed E-state index contributed by atoms with van der Waals surface area (Å²) in [6.45, 7) is 2.06. The van der Waals surface area contributed by atoms with Crippen molar-refractivity contribution in [2.75, 3.05) is 19.6 Å². The topological polar surface area (TPSA) is 46.3 Å². The SMILES string of the molecule is NCC1CCN(C(=O)c2cccc(Cl)c2Cl)C1. The third kappa shape index (κ3) is 2.57. The van der Waals surface area contributed by atoms with Crippen LogP contribution in [0.25, 0.3) is 0 Å². The van der Waals surface area contributed by atoms with Crippen LogP contribution in [0, 0.1) is 5.92 Å². The number of rotatable bonds is 2. The number of halogens is 2. The van der Waals surface area contributed by atoms with Crippen molar-refractivity contribution in [3.05, 3.63) is 33.8 Å². The summed E-state index contributed by atoms with van der Waals surface area (Å²) < 4.78 is 0. The highest BCUT2D eigenvalue weighted by atomic mass is 35.5. The van der Waals surface area contributed by atoms with Crippen molar-refractivity contribution < 1.29 is 4.79 Å². The van der Waals surface area contributed by atoms with E-state index in [-0.39, 0.29) is 5.91 Å². The molecule has 3 nitrogen and oxygen atoms in total. The fourth-order valence-electron chi connectivity index (χ4n) is 2.05. The number of benzene rings is 1. The van der Waals surface area contributed by atoms with Crippen LogP contribution < -0.4 is 5.73 Å². The summed E-state index contributed by atoms with van der Waals surface area (Å²) in [5.74, 6) is 0.338. The summed E-state index contributed by atoms with van der Waals surface area (Å²) in [5.41, 5.74) is 6.07. The molecule has 1 atom stereocenters. The van der Waals surface area contributed by atoms with Gasteiger partial charge in [0.25, 0.3) is 5.91 Å². The molecule has 92 valence electrons. The van der Waals surface area contributed by atoms with Gasteiger partial charge >= 0.3 is 0 Å². The van der Waals surface area contributed by atoms with Gasteiger partial charge in [-0.05, 0) is 31.0 Å². The first kappa shape index (κ1) is 12.7. The number of carbonyl (C=O) groups is 1. The Bertz CT molecular complexity index is 437. The van der Waals surface area contributed by atoms with E-state index in [0.29, 0.717) is 34.6 Å². The molecule has 2 N–H and O–H groups in total. The molecule has 0 saturated carbocycles. The maximum Gasteiger partial charge on any atom is 0.255 e. The molecule has 1 amide bonds. The molecule has 1 aromatic carbocycles. The maximum atomic E-state index is 12.2. The van der Waals surface area contributed by atoms with Gasteiger partial charge in [0.1, 0.15) is 0 Å². The molecule has 1 aliphatic rings. The third-order valence-electron chi connectivity index (χ3n) is 3.09. The van der Waals surface area contributed by atoms with Crippen molar-refractivity contribution in [1.82, 2.24) is 4.90 Å². The minimum absolute atomic E-state index is 0.0616. The molecule has 0 bridgehead atoms. The van der Waals surface area contributed by atoms with E-state index in [1.54, 1.807) is 23.1 Å². The molecule has 0 spiro atoms. The lowest BCUT2D eigenvalue weighted by molar-refractivity contribution is 0.0788. The van der Waals surface area contributed by atoms with Gasteiger partial charge in [0.15, 0.2) is 0 Å². The van der Waals surface area contributed by atoms with Crippen molar-refractivity contribution in [2.45, 2.75) is 6.42 Å². The number of carbonyl (C=O) groups excluding carboxylic acids is 1. The van der Waals surface area contributed by atoms with Crippen molar-refractivity contribution in [3.63, 3.8) is 0 Å². The number of hydrogen-bond donors (Lipinski definition) is 1. The van der Waals surface area contributed by atoms with Crippen LogP contribution in [0.5, 0.6) is 0 Å². The predicted molar refractivity (Wildman–Crippen MR) is 69.5 cm³/mol. The second-order valence-electron chi connectivity index (χ2n) is 4.24. The molecule has 0 radical (unpaired) electrons. The van der Waals surface area contributed by atoms with Crippen molar-refractivity contribution in [1.29, 1.82) is 0 Å². The molecule has 1 aromatic rings. The number of nitrogens with zero attached hydrogens (tertiary/aromatic N) is 1. The molecule has 5 heteroatoms. The quantitative estimate of drug-likeness (QED) is 0.899. The van der Waals surface area contributed by atoms with Crippen LogP contribution in [0.15, 0.2) is 18.2 Å². The second kappa shape index (κ2) is 5.25. The van der Waals surface area contributed by atoms with Crippen LogP contribution >= 0.6 is 23.2 Å². The Labute approximate surface area is 110 Å². The average molecular weight is 273 g/mol. The minimum Gasteiger partial charge on any atom is -0.338 e. The molecule has 1 heterocycles.